The number of carbonyl (C=O) groups is 1. The minimum Gasteiger partial charge on any atom is -0.371 e. The maximum absolute atomic E-state index is 10.9. The van der Waals surface area contributed by atoms with Crippen molar-refractivity contribution in [3.8, 4) is 0 Å². The molecule has 2 nitrogen and oxygen atoms in total. The number of hydrogen-bond acceptors (Lipinski definition) is 2. The fourth-order valence-corrected chi connectivity index (χ4v) is 1.77. The molecule has 0 saturated heterocycles. The molecule has 0 saturated carbocycles. The van der Waals surface area contributed by atoms with Crippen molar-refractivity contribution >= 4 is 12.0 Å². The topological polar surface area (TPSA) is 20.3 Å². The second kappa shape index (κ2) is 6.23. The van der Waals surface area contributed by atoms with Crippen LogP contribution in [0.25, 0.3) is 0 Å². The molecule has 0 fully saturated rings. The second-order valence-corrected chi connectivity index (χ2v) is 3.66. The van der Waals surface area contributed by atoms with E-state index in [9.17, 15) is 4.79 Å². The average molecular weight is 205 g/mol. The van der Waals surface area contributed by atoms with Crippen LogP contribution < -0.4 is 4.90 Å². The van der Waals surface area contributed by atoms with Crippen LogP contribution in [0.1, 0.15) is 37.0 Å². The quantitative estimate of drug-likeness (QED) is 0.665. The summed E-state index contributed by atoms with van der Waals surface area (Å²) in [6.07, 6.45) is 3.15. The first kappa shape index (κ1) is 11.8. The first-order chi connectivity index (χ1) is 7.33. The van der Waals surface area contributed by atoms with Crippen molar-refractivity contribution in [2.75, 3.05) is 18.0 Å². The summed E-state index contributed by atoms with van der Waals surface area (Å²) in [5, 5.41) is 0. The lowest BCUT2D eigenvalue weighted by atomic mass is 10.1. The van der Waals surface area contributed by atoms with Gasteiger partial charge >= 0.3 is 0 Å². The van der Waals surface area contributed by atoms with E-state index >= 15 is 0 Å². The third-order valence-corrected chi connectivity index (χ3v) is 2.39. The molecule has 2 heteroatoms. The molecule has 0 atom stereocenters. The Labute approximate surface area is 91.9 Å². The predicted molar refractivity (Wildman–Crippen MR) is 64.6 cm³/mol. The number of benzene rings is 1. The van der Waals surface area contributed by atoms with E-state index in [0.29, 0.717) is 0 Å². The summed E-state index contributed by atoms with van der Waals surface area (Å²) >= 11 is 0. The lowest BCUT2D eigenvalue weighted by Gasteiger charge is -2.24. The molecule has 0 spiro atoms. The minimum absolute atomic E-state index is 0.791. The van der Waals surface area contributed by atoms with Gasteiger partial charge in [-0.2, -0.15) is 0 Å². The van der Waals surface area contributed by atoms with E-state index in [4.69, 9.17) is 0 Å². The van der Waals surface area contributed by atoms with Crippen LogP contribution in [0.15, 0.2) is 24.3 Å². The summed E-state index contributed by atoms with van der Waals surface area (Å²) in [5.74, 6) is 0. The maximum atomic E-state index is 10.9. The number of carbonyl (C=O) groups excluding carboxylic acids is 1. The first-order valence-electron chi connectivity index (χ1n) is 5.62. The monoisotopic (exact) mass is 205 g/mol. The van der Waals surface area contributed by atoms with E-state index in [1.807, 2.05) is 24.3 Å². The van der Waals surface area contributed by atoms with Crippen molar-refractivity contribution in [1.82, 2.24) is 0 Å². The van der Waals surface area contributed by atoms with E-state index in [-0.39, 0.29) is 0 Å². The zero-order chi connectivity index (χ0) is 11.1. The SMILES string of the molecule is CCCN(CCC)c1ccccc1C=O. The zero-order valence-electron chi connectivity index (χ0n) is 9.57. The third-order valence-electron chi connectivity index (χ3n) is 2.39. The molecular formula is C13H19NO. The summed E-state index contributed by atoms with van der Waals surface area (Å²) in [6.45, 7) is 6.34. The van der Waals surface area contributed by atoms with Gasteiger partial charge in [0.2, 0.25) is 0 Å². The zero-order valence-corrected chi connectivity index (χ0v) is 9.57. The van der Waals surface area contributed by atoms with E-state index < -0.39 is 0 Å². The molecule has 0 bridgehead atoms. The minimum atomic E-state index is 0.791. The molecule has 0 aromatic heterocycles. The molecule has 15 heavy (non-hydrogen) atoms. The Hall–Kier alpha value is -1.31. The normalized spacial score (nSPS) is 10.0. The Balaban J connectivity index is 2.92. The third kappa shape index (κ3) is 3.08. The summed E-state index contributed by atoms with van der Waals surface area (Å²) < 4.78 is 0. The van der Waals surface area contributed by atoms with Crippen molar-refractivity contribution in [2.24, 2.45) is 0 Å². The van der Waals surface area contributed by atoms with E-state index in [0.717, 1.165) is 43.5 Å². The molecule has 0 heterocycles. The number of rotatable bonds is 6. The second-order valence-electron chi connectivity index (χ2n) is 3.66. The summed E-state index contributed by atoms with van der Waals surface area (Å²) in [7, 11) is 0. The van der Waals surface area contributed by atoms with Crippen LogP contribution in [0.4, 0.5) is 5.69 Å². The van der Waals surface area contributed by atoms with Gasteiger partial charge in [0.15, 0.2) is 6.29 Å². The first-order valence-corrected chi connectivity index (χ1v) is 5.62. The fourth-order valence-electron chi connectivity index (χ4n) is 1.77. The average Bonchev–Trinajstić information content (AvgIpc) is 2.29. The molecule has 0 aliphatic rings. The highest BCUT2D eigenvalue weighted by Gasteiger charge is 2.08. The van der Waals surface area contributed by atoms with Crippen molar-refractivity contribution in [3.63, 3.8) is 0 Å². The van der Waals surface area contributed by atoms with Crippen molar-refractivity contribution in [3.05, 3.63) is 29.8 Å². The van der Waals surface area contributed by atoms with Gasteiger partial charge in [-0.1, -0.05) is 26.0 Å². The van der Waals surface area contributed by atoms with Crippen molar-refractivity contribution < 1.29 is 4.79 Å². The number of para-hydroxylation sites is 1. The highest BCUT2D eigenvalue weighted by atomic mass is 16.1. The molecule has 1 rings (SSSR count). The molecule has 1 aromatic rings. The predicted octanol–water partition coefficient (Wildman–Crippen LogP) is 3.13. The van der Waals surface area contributed by atoms with Crippen LogP contribution in [-0.2, 0) is 0 Å². The highest BCUT2D eigenvalue weighted by Crippen LogP contribution is 2.19. The van der Waals surface area contributed by atoms with Gasteiger partial charge in [0.1, 0.15) is 0 Å². The van der Waals surface area contributed by atoms with Crippen LogP contribution in [0.3, 0.4) is 0 Å². The maximum Gasteiger partial charge on any atom is 0.152 e. The van der Waals surface area contributed by atoms with Crippen LogP contribution in [-0.4, -0.2) is 19.4 Å². The summed E-state index contributed by atoms with van der Waals surface area (Å²) in [4.78, 5) is 13.2. The molecule has 82 valence electrons. The fraction of sp³-hybridized carbons (Fsp3) is 0.462. The van der Waals surface area contributed by atoms with Crippen LogP contribution in [0.2, 0.25) is 0 Å². The van der Waals surface area contributed by atoms with Gasteiger partial charge in [0.25, 0.3) is 0 Å². The Kier molecular flexibility index (Phi) is 4.88. The van der Waals surface area contributed by atoms with Gasteiger partial charge in [-0.05, 0) is 25.0 Å². The number of aldehydes is 1. The Morgan fingerprint density at radius 2 is 1.73 bits per heavy atom. The van der Waals surface area contributed by atoms with Gasteiger partial charge < -0.3 is 4.90 Å². The van der Waals surface area contributed by atoms with Gasteiger partial charge in [-0.15, -0.1) is 0 Å². The smallest absolute Gasteiger partial charge is 0.152 e. The molecular weight excluding hydrogens is 186 g/mol. The summed E-state index contributed by atoms with van der Waals surface area (Å²) in [6, 6.07) is 7.79. The van der Waals surface area contributed by atoms with Crippen LogP contribution in [0.5, 0.6) is 0 Å². The Bertz CT molecular complexity index is 303. The van der Waals surface area contributed by atoms with Gasteiger partial charge in [-0.3, -0.25) is 4.79 Å². The van der Waals surface area contributed by atoms with E-state index in [1.54, 1.807) is 0 Å². The van der Waals surface area contributed by atoms with Gasteiger partial charge in [0, 0.05) is 24.3 Å². The number of hydrogen-bond donors (Lipinski definition) is 0. The van der Waals surface area contributed by atoms with Crippen LogP contribution >= 0.6 is 0 Å². The lowest BCUT2D eigenvalue weighted by molar-refractivity contribution is 0.112. The number of nitrogens with zero attached hydrogens (tertiary/aromatic N) is 1. The highest BCUT2D eigenvalue weighted by molar-refractivity contribution is 5.84. The van der Waals surface area contributed by atoms with Gasteiger partial charge in [-0.25, -0.2) is 0 Å². The van der Waals surface area contributed by atoms with Gasteiger partial charge in [0.05, 0.1) is 0 Å². The molecule has 0 aliphatic carbocycles. The molecule has 0 radical (unpaired) electrons. The molecule has 1 aromatic carbocycles. The molecule has 0 aliphatic heterocycles. The van der Waals surface area contributed by atoms with E-state index in [2.05, 4.69) is 18.7 Å². The standard InChI is InChI=1S/C13H19NO/c1-3-9-14(10-4-2)13-8-6-5-7-12(13)11-15/h5-8,11H,3-4,9-10H2,1-2H3. The number of anilines is 1. The Morgan fingerprint density at radius 1 is 1.13 bits per heavy atom. The van der Waals surface area contributed by atoms with E-state index in [1.165, 1.54) is 0 Å². The lowest BCUT2D eigenvalue weighted by Crippen LogP contribution is -2.25. The van der Waals surface area contributed by atoms with Crippen molar-refractivity contribution in [2.45, 2.75) is 26.7 Å². The largest absolute Gasteiger partial charge is 0.371 e. The molecule has 0 unspecified atom stereocenters. The molecule has 0 N–H and O–H groups in total. The van der Waals surface area contributed by atoms with Crippen molar-refractivity contribution in [1.29, 1.82) is 0 Å². The summed E-state index contributed by atoms with van der Waals surface area (Å²) in [5.41, 5.74) is 1.86. The van der Waals surface area contributed by atoms with Crippen LogP contribution in [0, 0.1) is 0 Å². The molecule has 0 amide bonds. The Morgan fingerprint density at radius 3 is 2.27 bits per heavy atom.